The van der Waals surface area contributed by atoms with Gasteiger partial charge in [-0.15, -0.1) is 0 Å². The fourth-order valence-corrected chi connectivity index (χ4v) is 4.57. The van der Waals surface area contributed by atoms with Crippen LogP contribution in [0, 0.1) is 5.82 Å². The highest BCUT2D eigenvalue weighted by Crippen LogP contribution is 2.30. The minimum absolute atomic E-state index is 0.0729. The van der Waals surface area contributed by atoms with Crippen molar-refractivity contribution in [1.82, 2.24) is 19.3 Å². The molecule has 198 valence electrons. The van der Waals surface area contributed by atoms with Crippen LogP contribution in [-0.2, 0) is 19.1 Å². The monoisotopic (exact) mass is 525 g/mol. The van der Waals surface area contributed by atoms with E-state index in [1.54, 1.807) is 68.0 Å². The normalized spacial score (nSPS) is 11.6. The second-order valence-electron chi connectivity index (χ2n) is 10.4. The number of anilines is 2. The number of pyridine rings is 2. The van der Waals surface area contributed by atoms with Crippen molar-refractivity contribution in [3.05, 3.63) is 111 Å². The van der Waals surface area contributed by atoms with Gasteiger partial charge in [0.15, 0.2) is 0 Å². The summed E-state index contributed by atoms with van der Waals surface area (Å²) in [7, 11) is 1.63. The van der Waals surface area contributed by atoms with Gasteiger partial charge in [0.25, 0.3) is 11.1 Å². The third-order valence-corrected chi connectivity index (χ3v) is 6.66. The van der Waals surface area contributed by atoms with E-state index in [1.807, 2.05) is 20.8 Å². The number of nitrogens with zero attached hydrogens (tertiary/aromatic N) is 4. The first kappa shape index (κ1) is 26.0. The molecule has 0 spiro atoms. The zero-order chi connectivity index (χ0) is 27.9. The van der Waals surface area contributed by atoms with Gasteiger partial charge in [0.2, 0.25) is 0 Å². The maximum Gasteiger partial charge on any atom is 0.282 e. The topological polar surface area (TPSA) is 102 Å². The summed E-state index contributed by atoms with van der Waals surface area (Å²) in [6.07, 6.45) is 4.73. The molecule has 0 atom stereocenters. The van der Waals surface area contributed by atoms with Crippen molar-refractivity contribution >= 4 is 22.3 Å². The molecule has 2 aromatic carbocycles. The van der Waals surface area contributed by atoms with Gasteiger partial charge in [0, 0.05) is 36.0 Å². The lowest BCUT2D eigenvalue weighted by atomic mass is 9.86. The van der Waals surface area contributed by atoms with Crippen LogP contribution in [0.4, 0.5) is 15.9 Å². The molecule has 0 saturated heterocycles. The summed E-state index contributed by atoms with van der Waals surface area (Å²) >= 11 is 0. The van der Waals surface area contributed by atoms with E-state index in [1.165, 1.54) is 16.8 Å². The van der Waals surface area contributed by atoms with E-state index in [2.05, 4.69) is 15.4 Å². The van der Waals surface area contributed by atoms with Gasteiger partial charge in [-0.2, -0.15) is 9.78 Å². The average Bonchev–Trinajstić information content (AvgIpc) is 2.90. The predicted molar refractivity (Wildman–Crippen MR) is 150 cm³/mol. The van der Waals surface area contributed by atoms with E-state index >= 15 is 4.39 Å². The molecule has 0 aliphatic carbocycles. The van der Waals surface area contributed by atoms with Crippen LogP contribution in [0.2, 0.25) is 0 Å². The Morgan fingerprint density at radius 2 is 1.82 bits per heavy atom. The molecule has 3 heterocycles. The molecular weight excluding hydrogens is 497 g/mol. The van der Waals surface area contributed by atoms with Crippen molar-refractivity contribution in [2.75, 3.05) is 5.32 Å². The van der Waals surface area contributed by atoms with Crippen molar-refractivity contribution < 1.29 is 9.50 Å². The van der Waals surface area contributed by atoms with E-state index in [0.717, 1.165) is 10.2 Å². The van der Waals surface area contributed by atoms with Crippen LogP contribution in [0.3, 0.4) is 0 Å². The van der Waals surface area contributed by atoms with Crippen molar-refractivity contribution in [1.29, 1.82) is 0 Å². The Morgan fingerprint density at radius 1 is 1.03 bits per heavy atom. The molecule has 9 heteroatoms. The predicted octanol–water partition coefficient (Wildman–Crippen LogP) is 4.82. The summed E-state index contributed by atoms with van der Waals surface area (Å²) in [6, 6.07) is 15.3. The highest BCUT2D eigenvalue weighted by molar-refractivity contribution is 5.83. The molecule has 0 saturated carbocycles. The third-order valence-electron chi connectivity index (χ3n) is 6.66. The maximum atomic E-state index is 15.2. The zero-order valence-electron chi connectivity index (χ0n) is 22.1. The van der Waals surface area contributed by atoms with Crippen LogP contribution >= 0.6 is 0 Å². The van der Waals surface area contributed by atoms with Gasteiger partial charge in [-0.1, -0.05) is 39.0 Å². The maximum absolute atomic E-state index is 15.2. The molecule has 0 unspecified atom stereocenters. The van der Waals surface area contributed by atoms with Crippen LogP contribution in [0.5, 0.6) is 0 Å². The fourth-order valence-electron chi connectivity index (χ4n) is 4.57. The van der Waals surface area contributed by atoms with Crippen molar-refractivity contribution in [2.24, 2.45) is 7.05 Å². The number of halogens is 1. The summed E-state index contributed by atoms with van der Waals surface area (Å²) in [5.74, 6) is -0.116. The lowest BCUT2D eigenvalue weighted by Gasteiger charge is -2.20. The third kappa shape index (κ3) is 4.84. The van der Waals surface area contributed by atoms with Crippen molar-refractivity contribution in [2.45, 2.75) is 32.8 Å². The van der Waals surface area contributed by atoms with Gasteiger partial charge in [0.05, 0.1) is 23.9 Å². The molecule has 2 N–H and O–H groups in total. The van der Waals surface area contributed by atoms with Crippen LogP contribution in [-0.4, -0.2) is 24.4 Å². The van der Waals surface area contributed by atoms with E-state index in [4.69, 9.17) is 0 Å². The van der Waals surface area contributed by atoms with Crippen LogP contribution in [0.1, 0.15) is 31.9 Å². The summed E-state index contributed by atoms with van der Waals surface area (Å²) in [5, 5.41) is 18.1. The van der Waals surface area contributed by atoms with Gasteiger partial charge < -0.3 is 15.0 Å². The number of hydrogen-bond donors (Lipinski definition) is 2. The largest absolute Gasteiger partial charge is 0.392 e. The van der Waals surface area contributed by atoms with Gasteiger partial charge in [-0.25, -0.2) is 9.37 Å². The first-order valence-corrected chi connectivity index (χ1v) is 12.4. The number of aryl methyl sites for hydroxylation is 1. The molecule has 0 amide bonds. The van der Waals surface area contributed by atoms with Crippen LogP contribution in [0.15, 0.2) is 82.8 Å². The SMILES string of the molecule is Cn1cc(-c2cccc(-n3ncc4cc(C(C)(C)C)cc(F)c4c3=O)c2CO)cc(Nc2ccccn2)c1=O. The Hall–Kier alpha value is -4.63. The molecule has 0 aliphatic rings. The Kier molecular flexibility index (Phi) is 6.61. The van der Waals surface area contributed by atoms with Crippen LogP contribution in [0.25, 0.3) is 27.6 Å². The minimum atomic E-state index is -0.629. The van der Waals surface area contributed by atoms with Crippen molar-refractivity contribution in [3.63, 3.8) is 0 Å². The molecule has 5 aromatic rings. The number of hydrogen-bond acceptors (Lipinski definition) is 6. The number of rotatable bonds is 5. The molecule has 0 bridgehead atoms. The summed E-state index contributed by atoms with van der Waals surface area (Å²) in [4.78, 5) is 30.5. The Balaban J connectivity index is 1.66. The molecule has 39 heavy (non-hydrogen) atoms. The van der Waals surface area contributed by atoms with Gasteiger partial charge >= 0.3 is 0 Å². The van der Waals surface area contributed by atoms with E-state index in [-0.39, 0.29) is 16.4 Å². The fraction of sp³-hybridized carbons (Fsp3) is 0.200. The van der Waals surface area contributed by atoms with Gasteiger partial charge in [0.1, 0.15) is 17.3 Å². The first-order valence-electron chi connectivity index (χ1n) is 12.4. The highest BCUT2D eigenvalue weighted by atomic mass is 19.1. The number of aliphatic hydroxyl groups excluding tert-OH is 1. The lowest BCUT2D eigenvalue weighted by molar-refractivity contribution is 0.282. The zero-order valence-corrected chi connectivity index (χ0v) is 22.1. The molecule has 0 fully saturated rings. The van der Waals surface area contributed by atoms with E-state index < -0.39 is 18.0 Å². The van der Waals surface area contributed by atoms with E-state index in [9.17, 15) is 14.7 Å². The van der Waals surface area contributed by atoms with Crippen molar-refractivity contribution in [3.8, 4) is 16.8 Å². The molecule has 3 aromatic heterocycles. The summed E-state index contributed by atoms with van der Waals surface area (Å²) < 4.78 is 17.8. The molecule has 5 rings (SSSR count). The van der Waals surface area contributed by atoms with E-state index in [0.29, 0.717) is 39.3 Å². The number of aromatic nitrogens is 4. The number of aliphatic hydroxyl groups is 1. The quantitative estimate of drug-likeness (QED) is 0.341. The Morgan fingerprint density at radius 3 is 2.51 bits per heavy atom. The second kappa shape index (κ2) is 9.92. The van der Waals surface area contributed by atoms with Crippen LogP contribution < -0.4 is 16.4 Å². The Bertz CT molecular complexity index is 1820. The molecular formula is C30H28FN5O3. The highest BCUT2D eigenvalue weighted by Gasteiger charge is 2.20. The summed E-state index contributed by atoms with van der Waals surface area (Å²) in [5.41, 5.74) is 1.79. The number of benzene rings is 2. The standard InChI is InChI=1S/C30H28FN5O3/c1-30(2,3)20-12-18-15-33-36(29(39)27(18)23(31)14-20)25-9-7-8-21(22(25)17-37)19-13-24(28(38)35(4)16-19)34-26-10-5-6-11-32-26/h5-16,37H,17H2,1-4H3,(H,32,34). The van der Waals surface area contributed by atoms with Gasteiger partial charge in [-0.3, -0.25) is 9.59 Å². The molecule has 0 radical (unpaired) electrons. The number of fused-ring (bicyclic) bond motifs is 1. The summed E-state index contributed by atoms with van der Waals surface area (Å²) in [6.45, 7) is 5.49. The average molecular weight is 526 g/mol. The smallest absolute Gasteiger partial charge is 0.282 e. The van der Waals surface area contributed by atoms with Gasteiger partial charge in [-0.05, 0) is 52.9 Å². The first-order chi connectivity index (χ1) is 18.6. The molecule has 0 aliphatic heterocycles. The Labute approximate surface area is 224 Å². The lowest BCUT2D eigenvalue weighted by Crippen LogP contribution is -2.24. The minimum Gasteiger partial charge on any atom is -0.392 e. The molecule has 8 nitrogen and oxygen atoms in total. The second-order valence-corrected chi connectivity index (χ2v) is 10.4. The number of nitrogens with one attached hydrogen (secondary N) is 1.